The smallest absolute Gasteiger partial charge is 0.391 e. The van der Waals surface area contributed by atoms with Crippen molar-refractivity contribution < 1.29 is 31.8 Å². The molecule has 0 bridgehead atoms. The third kappa shape index (κ3) is 6.70. The molecule has 0 saturated carbocycles. The van der Waals surface area contributed by atoms with Crippen LogP contribution < -0.4 is 10.1 Å². The highest BCUT2D eigenvalue weighted by Gasteiger charge is 2.31. The molecule has 0 aliphatic carbocycles. The number of hydrogen-bond donors (Lipinski definition) is 1. The lowest BCUT2D eigenvalue weighted by Crippen LogP contribution is -2.41. The molecule has 0 unspecified atom stereocenters. The Morgan fingerprint density at radius 2 is 1.70 bits per heavy atom. The van der Waals surface area contributed by atoms with Crippen molar-refractivity contribution in [2.24, 2.45) is 0 Å². The highest BCUT2D eigenvalue weighted by Crippen LogP contribution is 2.25. The fourth-order valence-electron chi connectivity index (χ4n) is 3.12. The van der Waals surface area contributed by atoms with E-state index in [1.165, 1.54) is 24.3 Å². The molecule has 30 heavy (non-hydrogen) atoms. The summed E-state index contributed by atoms with van der Waals surface area (Å²) in [6.45, 7) is 0.150. The van der Waals surface area contributed by atoms with E-state index in [2.05, 4.69) is 5.32 Å². The average Bonchev–Trinajstić information content (AvgIpc) is 3.16. The van der Waals surface area contributed by atoms with Crippen molar-refractivity contribution in [1.29, 1.82) is 0 Å². The number of amides is 1. The van der Waals surface area contributed by atoms with Crippen LogP contribution in [0.25, 0.3) is 0 Å². The molecule has 0 radical (unpaired) electrons. The van der Waals surface area contributed by atoms with E-state index in [9.17, 15) is 22.4 Å². The number of nitrogens with zero attached hydrogens (tertiary/aromatic N) is 1. The molecule has 1 heterocycles. The molecular formula is C21H22F4N2O3. The number of ether oxygens (including phenoxy) is 2. The van der Waals surface area contributed by atoms with Crippen LogP contribution in [0, 0.1) is 5.82 Å². The maximum Gasteiger partial charge on any atom is 0.391 e. The Labute approximate surface area is 171 Å². The van der Waals surface area contributed by atoms with Crippen molar-refractivity contribution in [3.8, 4) is 11.5 Å². The van der Waals surface area contributed by atoms with Crippen LogP contribution in [0.15, 0.2) is 48.5 Å². The highest BCUT2D eigenvalue weighted by atomic mass is 19.4. The van der Waals surface area contributed by atoms with E-state index in [1.807, 2.05) is 0 Å². The summed E-state index contributed by atoms with van der Waals surface area (Å²) < 4.78 is 60.2. The summed E-state index contributed by atoms with van der Waals surface area (Å²) >= 11 is 0. The Bertz CT molecular complexity index is 826. The van der Waals surface area contributed by atoms with Gasteiger partial charge in [-0.25, -0.2) is 4.39 Å². The summed E-state index contributed by atoms with van der Waals surface area (Å²) in [5.41, 5.74) is 0.566. The van der Waals surface area contributed by atoms with E-state index in [1.54, 1.807) is 29.2 Å². The van der Waals surface area contributed by atoms with Crippen molar-refractivity contribution in [2.45, 2.75) is 31.5 Å². The van der Waals surface area contributed by atoms with Crippen LogP contribution in [0.2, 0.25) is 0 Å². The Hall–Kier alpha value is -2.65. The predicted octanol–water partition coefficient (Wildman–Crippen LogP) is 4.95. The SMILES string of the molecule is O=C(Nc1ccc(Oc2ccc(F)cc2)cc1)[C@@H]1CCCN1COCCC(F)(F)F. The Balaban J connectivity index is 1.49. The van der Waals surface area contributed by atoms with Gasteiger partial charge in [0.15, 0.2) is 0 Å². The number of alkyl halides is 3. The van der Waals surface area contributed by atoms with Crippen LogP contribution in [0.5, 0.6) is 11.5 Å². The number of halogens is 4. The number of anilines is 1. The second kappa shape index (κ2) is 9.90. The minimum Gasteiger partial charge on any atom is -0.457 e. The first-order valence-corrected chi connectivity index (χ1v) is 9.53. The molecule has 1 atom stereocenters. The number of rotatable bonds is 8. The number of carbonyl (C=O) groups is 1. The van der Waals surface area contributed by atoms with E-state index < -0.39 is 25.2 Å². The van der Waals surface area contributed by atoms with E-state index in [-0.39, 0.29) is 18.5 Å². The van der Waals surface area contributed by atoms with Gasteiger partial charge in [-0.15, -0.1) is 0 Å². The van der Waals surface area contributed by atoms with Gasteiger partial charge in [-0.1, -0.05) is 0 Å². The summed E-state index contributed by atoms with van der Waals surface area (Å²) in [6, 6.07) is 11.9. The summed E-state index contributed by atoms with van der Waals surface area (Å²) in [6.07, 6.45) is -3.89. The summed E-state index contributed by atoms with van der Waals surface area (Å²) in [4.78, 5) is 14.3. The van der Waals surface area contributed by atoms with Crippen molar-refractivity contribution >= 4 is 11.6 Å². The van der Waals surface area contributed by atoms with Crippen LogP contribution >= 0.6 is 0 Å². The number of benzene rings is 2. The van der Waals surface area contributed by atoms with Gasteiger partial charge < -0.3 is 14.8 Å². The molecular weight excluding hydrogens is 404 g/mol. The molecule has 5 nitrogen and oxygen atoms in total. The number of carbonyl (C=O) groups excluding carboxylic acids is 1. The largest absolute Gasteiger partial charge is 0.457 e. The standard InChI is InChI=1S/C21H22F4N2O3/c22-15-3-7-17(8-4-15)30-18-9-5-16(6-10-18)26-20(28)19-2-1-12-27(19)14-29-13-11-21(23,24)25/h3-10,19H,1-2,11-14H2,(H,26,28)/t19-/m0/s1. The minimum atomic E-state index is -4.26. The van der Waals surface area contributed by atoms with Crippen molar-refractivity contribution in [2.75, 3.05) is 25.2 Å². The molecule has 0 spiro atoms. The number of likely N-dealkylation sites (tertiary alicyclic amines) is 1. The van der Waals surface area contributed by atoms with Gasteiger partial charge in [-0.2, -0.15) is 13.2 Å². The molecule has 162 valence electrons. The van der Waals surface area contributed by atoms with Crippen LogP contribution in [0.4, 0.5) is 23.2 Å². The summed E-state index contributed by atoms with van der Waals surface area (Å²) in [5, 5.41) is 2.81. The van der Waals surface area contributed by atoms with E-state index in [0.717, 1.165) is 6.42 Å². The van der Waals surface area contributed by atoms with Gasteiger partial charge >= 0.3 is 6.18 Å². The normalized spacial score (nSPS) is 17.1. The first-order chi connectivity index (χ1) is 14.3. The zero-order chi connectivity index (χ0) is 21.6. The van der Waals surface area contributed by atoms with E-state index in [4.69, 9.17) is 9.47 Å². The van der Waals surface area contributed by atoms with Crippen LogP contribution in [0.1, 0.15) is 19.3 Å². The molecule has 1 N–H and O–H groups in total. The van der Waals surface area contributed by atoms with Crippen molar-refractivity contribution in [3.63, 3.8) is 0 Å². The van der Waals surface area contributed by atoms with Gasteiger partial charge in [-0.05, 0) is 61.4 Å². The van der Waals surface area contributed by atoms with Crippen LogP contribution in [-0.4, -0.2) is 42.9 Å². The zero-order valence-electron chi connectivity index (χ0n) is 16.1. The van der Waals surface area contributed by atoms with Crippen molar-refractivity contribution in [1.82, 2.24) is 4.90 Å². The molecule has 9 heteroatoms. The maximum absolute atomic E-state index is 12.9. The molecule has 2 aromatic rings. The lowest BCUT2D eigenvalue weighted by molar-refractivity contribution is -0.149. The number of nitrogens with one attached hydrogen (secondary N) is 1. The number of hydrogen-bond acceptors (Lipinski definition) is 4. The van der Waals surface area contributed by atoms with Crippen LogP contribution in [-0.2, 0) is 9.53 Å². The first kappa shape index (κ1) is 22.0. The fraction of sp³-hybridized carbons (Fsp3) is 0.381. The third-order valence-corrected chi connectivity index (χ3v) is 4.62. The lowest BCUT2D eigenvalue weighted by Gasteiger charge is -2.23. The fourth-order valence-corrected chi connectivity index (χ4v) is 3.12. The van der Waals surface area contributed by atoms with Crippen molar-refractivity contribution in [3.05, 3.63) is 54.3 Å². The molecule has 3 rings (SSSR count). The second-order valence-electron chi connectivity index (χ2n) is 6.94. The van der Waals surface area contributed by atoms with Gasteiger partial charge in [0.05, 0.1) is 25.8 Å². The minimum absolute atomic E-state index is 0.0153. The first-order valence-electron chi connectivity index (χ1n) is 9.53. The topological polar surface area (TPSA) is 50.8 Å². The quantitative estimate of drug-likeness (QED) is 0.480. The molecule has 1 amide bonds. The van der Waals surface area contributed by atoms with Crippen LogP contribution in [0.3, 0.4) is 0 Å². The van der Waals surface area contributed by atoms with E-state index in [0.29, 0.717) is 30.2 Å². The Morgan fingerprint density at radius 1 is 1.07 bits per heavy atom. The molecule has 1 fully saturated rings. The zero-order valence-corrected chi connectivity index (χ0v) is 16.1. The monoisotopic (exact) mass is 426 g/mol. The predicted molar refractivity (Wildman–Crippen MR) is 103 cm³/mol. The Morgan fingerprint density at radius 3 is 2.33 bits per heavy atom. The Kier molecular flexibility index (Phi) is 7.28. The summed E-state index contributed by atoms with van der Waals surface area (Å²) in [5.74, 6) is 0.423. The third-order valence-electron chi connectivity index (χ3n) is 4.62. The second-order valence-corrected chi connectivity index (χ2v) is 6.94. The maximum atomic E-state index is 12.9. The van der Waals surface area contributed by atoms with Gasteiger partial charge in [0.1, 0.15) is 17.3 Å². The molecule has 1 aliphatic rings. The lowest BCUT2D eigenvalue weighted by atomic mass is 10.2. The molecule has 0 aromatic heterocycles. The van der Waals surface area contributed by atoms with Gasteiger partial charge in [-0.3, -0.25) is 9.69 Å². The van der Waals surface area contributed by atoms with Gasteiger partial charge in [0.2, 0.25) is 5.91 Å². The van der Waals surface area contributed by atoms with Gasteiger partial charge in [0, 0.05) is 12.2 Å². The molecule has 1 saturated heterocycles. The van der Waals surface area contributed by atoms with E-state index >= 15 is 0 Å². The summed E-state index contributed by atoms with van der Waals surface area (Å²) in [7, 11) is 0. The highest BCUT2D eigenvalue weighted by molar-refractivity contribution is 5.95. The van der Waals surface area contributed by atoms with Gasteiger partial charge in [0.25, 0.3) is 0 Å². The molecule has 2 aromatic carbocycles. The average molecular weight is 426 g/mol. The molecule has 1 aliphatic heterocycles.